The molecule has 0 amide bonds. The Labute approximate surface area is 189 Å². The second-order valence-electron chi connectivity index (χ2n) is 10.8. The number of benzene rings is 2. The summed E-state index contributed by atoms with van der Waals surface area (Å²) >= 11 is 1.78. The summed E-state index contributed by atoms with van der Waals surface area (Å²) in [7, 11) is -0.695. The predicted octanol–water partition coefficient (Wildman–Crippen LogP) is 4.65. The molecule has 2 saturated heterocycles. The maximum atomic E-state index is 6.25. The first-order valence-corrected chi connectivity index (χ1v) is 11.8. The molecule has 2 aromatic carbocycles. The van der Waals surface area contributed by atoms with Crippen LogP contribution in [0.5, 0.6) is 0 Å². The van der Waals surface area contributed by atoms with E-state index in [-0.39, 0.29) is 36.6 Å². The van der Waals surface area contributed by atoms with Crippen LogP contribution in [0.1, 0.15) is 55.4 Å². The van der Waals surface area contributed by atoms with Crippen LogP contribution in [0.4, 0.5) is 0 Å². The molecule has 0 spiro atoms. The van der Waals surface area contributed by atoms with E-state index in [1.807, 2.05) is 0 Å². The van der Waals surface area contributed by atoms with Crippen molar-refractivity contribution >= 4 is 56.7 Å². The number of hydrogen-bond donors (Lipinski definition) is 0. The maximum Gasteiger partial charge on any atom is 0.494 e. The van der Waals surface area contributed by atoms with Gasteiger partial charge in [0, 0.05) is 20.2 Å². The lowest BCUT2D eigenvalue weighted by Gasteiger charge is -2.32. The summed E-state index contributed by atoms with van der Waals surface area (Å²) in [5, 5.41) is 2.50. The average molecular weight is 436 g/mol. The summed E-state index contributed by atoms with van der Waals surface area (Å²) in [5.41, 5.74) is 0.747. The Morgan fingerprint density at radius 3 is 1.19 bits per heavy atom. The lowest BCUT2D eigenvalue weighted by molar-refractivity contribution is 0.00578. The summed E-state index contributed by atoms with van der Waals surface area (Å²) in [5.74, 6) is 0. The molecule has 0 radical (unpaired) electrons. The zero-order valence-corrected chi connectivity index (χ0v) is 20.5. The molecule has 2 fully saturated rings. The summed E-state index contributed by atoms with van der Waals surface area (Å²) < 4.78 is 27.5. The lowest BCUT2D eigenvalue weighted by atomic mass is 9.78. The van der Waals surface area contributed by atoms with Gasteiger partial charge in [0.1, 0.15) is 0 Å². The van der Waals surface area contributed by atoms with E-state index < -0.39 is 0 Å². The van der Waals surface area contributed by atoms with Gasteiger partial charge < -0.3 is 18.6 Å². The third-order valence-electron chi connectivity index (χ3n) is 7.57. The molecule has 0 saturated carbocycles. The second kappa shape index (κ2) is 6.58. The molecule has 2 aliphatic heterocycles. The van der Waals surface area contributed by atoms with E-state index in [2.05, 4.69) is 91.8 Å². The van der Waals surface area contributed by atoms with Crippen LogP contribution in [0.15, 0.2) is 36.4 Å². The Balaban J connectivity index is 1.49. The molecule has 3 heterocycles. The van der Waals surface area contributed by atoms with Gasteiger partial charge in [-0.3, -0.25) is 0 Å². The molecule has 31 heavy (non-hydrogen) atoms. The minimum Gasteiger partial charge on any atom is -0.399 e. The minimum atomic E-state index is -0.347. The highest BCUT2D eigenvalue weighted by Gasteiger charge is 2.52. The highest BCUT2D eigenvalue weighted by Crippen LogP contribution is 2.39. The van der Waals surface area contributed by atoms with Crippen LogP contribution in [0.3, 0.4) is 0 Å². The Hall–Kier alpha value is -1.37. The maximum absolute atomic E-state index is 6.25. The number of thiophene rings is 1. The molecule has 162 valence electrons. The van der Waals surface area contributed by atoms with Crippen molar-refractivity contribution in [1.29, 1.82) is 0 Å². The smallest absolute Gasteiger partial charge is 0.399 e. The minimum absolute atomic E-state index is 0.343. The van der Waals surface area contributed by atoms with E-state index in [1.165, 1.54) is 20.2 Å². The van der Waals surface area contributed by atoms with Crippen LogP contribution >= 0.6 is 11.3 Å². The molecule has 3 aromatic rings. The van der Waals surface area contributed by atoms with Crippen LogP contribution in [-0.4, -0.2) is 36.6 Å². The van der Waals surface area contributed by atoms with Crippen LogP contribution in [0.25, 0.3) is 20.2 Å². The topological polar surface area (TPSA) is 36.9 Å². The number of rotatable bonds is 2. The molecule has 7 heteroatoms. The normalized spacial score (nSPS) is 23.9. The van der Waals surface area contributed by atoms with Gasteiger partial charge in [-0.15, -0.1) is 11.3 Å². The zero-order valence-electron chi connectivity index (χ0n) is 19.7. The fraction of sp³-hybridized carbons (Fsp3) is 0.500. The van der Waals surface area contributed by atoms with Gasteiger partial charge in [-0.25, -0.2) is 0 Å². The summed E-state index contributed by atoms with van der Waals surface area (Å²) in [6.07, 6.45) is 0. The summed E-state index contributed by atoms with van der Waals surface area (Å²) in [4.78, 5) is 0. The van der Waals surface area contributed by atoms with Crippen molar-refractivity contribution in [2.45, 2.75) is 77.8 Å². The van der Waals surface area contributed by atoms with Crippen molar-refractivity contribution in [3.63, 3.8) is 0 Å². The predicted molar refractivity (Wildman–Crippen MR) is 131 cm³/mol. The first-order valence-electron chi connectivity index (χ1n) is 11.0. The highest BCUT2D eigenvalue weighted by molar-refractivity contribution is 7.26. The van der Waals surface area contributed by atoms with E-state index in [9.17, 15) is 0 Å². The number of hydrogen-bond acceptors (Lipinski definition) is 5. The van der Waals surface area contributed by atoms with Gasteiger partial charge in [0.15, 0.2) is 0 Å². The molecule has 1 aromatic heterocycles. The van der Waals surface area contributed by atoms with E-state index in [0.29, 0.717) is 0 Å². The molecular weight excluding hydrogens is 406 g/mol. The Kier molecular flexibility index (Phi) is 4.56. The summed E-state index contributed by atoms with van der Waals surface area (Å²) in [6, 6.07) is 13.0. The van der Waals surface area contributed by atoms with Crippen molar-refractivity contribution < 1.29 is 18.6 Å². The van der Waals surface area contributed by atoms with Gasteiger partial charge in [-0.1, -0.05) is 24.3 Å². The van der Waals surface area contributed by atoms with Crippen molar-refractivity contribution in [2.75, 3.05) is 0 Å². The fourth-order valence-electron chi connectivity index (χ4n) is 4.06. The second-order valence-corrected chi connectivity index (χ2v) is 11.9. The van der Waals surface area contributed by atoms with Gasteiger partial charge in [0.2, 0.25) is 0 Å². The Morgan fingerprint density at radius 1 is 0.548 bits per heavy atom. The monoisotopic (exact) mass is 436 g/mol. The Bertz CT molecular complexity index is 1060. The Morgan fingerprint density at radius 2 is 0.871 bits per heavy atom. The molecule has 0 aliphatic carbocycles. The molecular formula is C24H30B2O4S. The van der Waals surface area contributed by atoms with Gasteiger partial charge in [-0.05, 0) is 78.4 Å². The van der Waals surface area contributed by atoms with Crippen LogP contribution in [-0.2, 0) is 18.6 Å². The SMILES string of the molecule is CC1(C)OB(c2ccc3c(c2)sc2cc(B4OC(C)(C)C(C)(C)O4)ccc23)OC1(C)C. The van der Waals surface area contributed by atoms with Crippen LogP contribution in [0.2, 0.25) is 0 Å². The van der Waals surface area contributed by atoms with Crippen molar-refractivity contribution in [3.05, 3.63) is 36.4 Å². The largest absolute Gasteiger partial charge is 0.494 e. The highest BCUT2D eigenvalue weighted by atomic mass is 32.1. The molecule has 2 aliphatic rings. The molecule has 0 N–H and O–H groups in total. The van der Waals surface area contributed by atoms with Crippen LogP contribution < -0.4 is 10.9 Å². The van der Waals surface area contributed by atoms with Crippen molar-refractivity contribution in [1.82, 2.24) is 0 Å². The third-order valence-corrected chi connectivity index (χ3v) is 8.69. The van der Waals surface area contributed by atoms with Crippen molar-refractivity contribution in [2.24, 2.45) is 0 Å². The molecule has 0 unspecified atom stereocenters. The van der Waals surface area contributed by atoms with Gasteiger partial charge in [0.05, 0.1) is 22.4 Å². The molecule has 0 atom stereocenters. The first kappa shape index (κ1) is 21.5. The lowest BCUT2D eigenvalue weighted by Crippen LogP contribution is -2.41. The van der Waals surface area contributed by atoms with E-state index in [4.69, 9.17) is 18.6 Å². The average Bonchev–Trinajstić information content (AvgIpc) is 3.20. The molecule has 5 rings (SSSR count). The quantitative estimate of drug-likeness (QED) is 0.549. The van der Waals surface area contributed by atoms with Crippen molar-refractivity contribution in [3.8, 4) is 0 Å². The summed E-state index contributed by atoms with van der Waals surface area (Å²) in [6.45, 7) is 16.7. The van der Waals surface area contributed by atoms with E-state index in [1.54, 1.807) is 11.3 Å². The zero-order chi connectivity index (χ0) is 22.4. The number of fused-ring (bicyclic) bond motifs is 3. The standard InChI is InChI=1S/C24H30B2O4S/c1-21(2)22(3,4)28-25(27-21)15-9-11-17-18-12-10-16(14-20(18)31-19(17)13-15)26-29-23(5,6)24(7,8)30-26/h9-14H,1-8H3. The van der Waals surface area contributed by atoms with E-state index >= 15 is 0 Å². The van der Waals surface area contributed by atoms with E-state index in [0.717, 1.165) is 10.9 Å². The van der Waals surface area contributed by atoms with Gasteiger partial charge >= 0.3 is 14.2 Å². The van der Waals surface area contributed by atoms with Crippen LogP contribution in [0, 0.1) is 0 Å². The van der Waals surface area contributed by atoms with Gasteiger partial charge in [-0.2, -0.15) is 0 Å². The fourth-order valence-corrected chi connectivity index (χ4v) is 5.26. The molecule has 0 bridgehead atoms. The van der Waals surface area contributed by atoms with Gasteiger partial charge in [0.25, 0.3) is 0 Å². The first-order chi connectivity index (χ1) is 14.3. The molecule has 4 nitrogen and oxygen atoms in total. The third kappa shape index (κ3) is 3.28.